The van der Waals surface area contributed by atoms with E-state index in [4.69, 9.17) is 21.6 Å². The van der Waals surface area contributed by atoms with Crippen LogP contribution in [-0.2, 0) is 22.9 Å². The molecule has 5 unspecified atom stereocenters. The van der Waals surface area contributed by atoms with Crippen molar-refractivity contribution in [3.63, 3.8) is 0 Å². The molecule has 0 bridgehead atoms. The predicted molar refractivity (Wildman–Crippen MR) is 115 cm³/mol. The molecule has 1 aliphatic rings. The number of hydrogen-bond donors (Lipinski definition) is 4. The lowest BCUT2D eigenvalue weighted by Gasteiger charge is -2.38. The fourth-order valence-electron chi connectivity index (χ4n) is 3.15. The number of rotatable bonds is 11. The van der Waals surface area contributed by atoms with Crippen molar-refractivity contribution in [1.82, 2.24) is 0 Å². The standard InChI is InChI=1S/C18H37BO9P2/c1-8-17(5,10-13-14(20)15(21)16(19)26-13)28-29(7,23)12(4)11(3)27-30(24,25)18(6,22)9-2/h11-16,20-22H,8-10H2,1-7H3,(H,24,25)/t11?,12-,13+,14+,15+,16+,17?,18?,29?/m0/s1. The highest BCUT2D eigenvalue weighted by molar-refractivity contribution is 7.59. The average Bonchev–Trinajstić information content (AvgIpc) is 2.86. The van der Waals surface area contributed by atoms with Crippen molar-refractivity contribution in [2.75, 3.05) is 6.66 Å². The Balaban J connectivity index is 2.92. The molecule has 12 heteroatoms. The molecule has 0 aromatic rings. The minimum Gasteiger partial charge on any atom is -0.388 e. The quantitative estimate of drug-likeness (QED) is 0.264. The van der Waals surface area contributed by atoms with Crippen LogP contribution in [0.1, 0.15) is 60.8 Å². The molecule has 1 rings (SSSR count). The van der Waals surface area contributed by atoms with Gasteiger partial charge in [-0.25, -0.2) is 0 Å². The van der Waals surface area contributed by atoms with Gasteiger partial charge in [0.05, 0.1) is 29.6 Å². The van der Waals surface area contributed by atoms with Gasteiger partial charge in [0.25, 0.3) is 0 Å². The summed E-state index contributed by atoms with van der Waals surface area (Å²) in [4.78, 5) is 10.1. The van der Waals surface area contributed by atoms with Crippen LogP contribution in [0.15, 0.2) is 0 Å². The SMILES string of the molecule is [B][C@@H]1O[C@H](CC(C)(CC)OP(C)(=O)[C@@H](C)C(C)OP(=O)(O)C(C)(O)CC)[C@@H](O)[C@H]1O. The lowest BCUT2D eigenvalue weighted by molar-refractivity contribution is -0.0332. The van der Waals surface area contributed by atoms with Gasteiger partial charge >= 0.3 is 7.60 Å². The van der Waals surface area contributed by atoms with Gasteiger partial charge in [0.1, 0.15) is 14.0 Å². The monoisotopic (exact) mass is 470 g/mol. The molecule has 0 saturated carbocycles. The molecule has 0 aromatic heterocycles. The van der Waals surface area contributed by atoms with Crippen LogP contribution < -0.4 is 0 Å². The third-order valence-electron chi connectivity index (χ3n) is 6.19. The van der Waals surface area contributed by atoms with Gasteiger partial charge in [-0.3, -0.25) is 9.13 Å². The van der Waals surface area contributed by atoms with Crippen molar-refractivity contribution < 1.29 is 43.1 Å². The second-order valence-electron chi connectivity index (χ2n) is 8.77. The van der Waals surface area contributed by atoms with Crippen molar-refractivity contribution in [1.29, 1.82) is 0 Å². The summed E-state index contributed by atoms with van der Waals surface area (Å²) < 4.78 is 42.5. The van der Waals surface area contributed by atoms with Gasteiger partial charge in [0.15, 0.2) is 5.34 Å². The Morgan fingerprint density at radius 3 is 2.07 bits per heavy atom. The van der Waals surface area contributed by atoms with Crippen molar-refractivity contribution in [2.24, 2.45) is 0 Å². The first kappa shape index (κ1) is 28.3. The molecule has 1 heterocycles. The third-order valence-corrected chi connectivity index (χ3v) is 11.0. The van der Waals surface area contributed by atoms with Gasteiger partial charge in [-0.05, 0) is 33.6 Å². The lowest BCUT2D eigenvalue weighted by Crippen LogP contribution is -2.39. The summed E-state index contributed by atoms with van der Waals surface area (Å²) in [5.41, 5.74) is -1.75. The van der Waals surface area contributed by atoms with E-state index >= 15 is 0 Å². The van der Waals surface area contributed by atoms with E-state index in [-0.39, 0.29) is 12.8 Å². The topological polar surface area (TPSA) is 143 Å². The summed E-state index contributed by atoms with van der Waals surface area (Å²) in [6.07, 6.45) is -3.58. The summed E-state index contributed by atoms with van der Waals surface area (Å²) in [5.74, 6) is 0. The van der Waals surface area contributed by atoms with E-state index in [0.29, 0.717) is 6.42 Å². The van der Waals surface area contributed by atoms with E-state index < -0.39 is 62.0 Å². The van der Waals surface area contributed by atoms with Crippen molar-refractivity contribution in [3.8, 4) is 0 Å². The Kier molecular flexibility index (Phi) is 9.45. The Labute approximate surface area is 180 Å². The molecule has 0 aromatic carbocycles. The zero-order valence-corrected chi connectivity index (χ0v) is 20.7. The Hall–Kier alpha value is 0.245. The van der Waals surface area contributed by atoms with Crippen LogP contribution in [0.25, 0.3) is 0 Å². The Bertz CT molecular complexity index is 676. The molecule has 176 valence electrons. The lowest BCUT2D eigenvalue weighted by atomic mass is 9.90. The van der Waals surface area contributed by atoms with Crippen LogP contribution in [-0.4, -0.2) is 81.7 Å². The molecule has 9 nitrogen and oxygen atoms in total. The minimum atomic E-state index is -4.40. The first-order chi connectivity index (χ1) is 13.4. The van der Waals surface area contributed by atoms with Gasteiger partial charge in [0.2, 0.25) is 7.37 Å². The third kappa shape index (κ3) is 6.40. The molecular formula is C18H37BO9P2. The molecule has 1 fully saturated rings. The Morgan fingerprint density at radius 1 is 1.13 bits per heavy atom. The fourth-order valence-corrected chi connectivity index (χ4v) is 6.57. The van der Waals surface area contributed by atoms with Gasteiger partial charge < -0.3 is 34.0 Å². The maximum Gasteiger partial charge on any atom is 0.359 e. The van der Waals surface area contributed by atoms with E-state index in [9.17, 15) is 29.3 Å². The van der Waals surface area contributed by atoms with Crippen molar-refractivity contribution in [2.45, 2.75) is 108 Å². The van der Waals surface area contributed by atoms with Crippen LogP contribution in [0.3, 0.4) is 0 Å². The Morgan fingerprint density at radius 2 is 1.67 bits per heavy atom. The van der Waals surface area contributed by atoms with E-state index in [0.717, 1.165) is 0 Å². The summed E-state index contributed by atoms with van der Waals surface area (Å²) >= 11 is 0. The van der Waals surface area contributed by atoms with Crippen LogP contribution in [0, 0.1) is 0 Å². The first-order valence-corrected chi connectivity index (χ1v) is 13.9. The predicted octanol–water partition coefficient (Wildman–Crippen LogP) is 2.18. The van der Waals surface area contributed by atoms with Gasteiger partial charge in [0, 0.05) is 19.1 Å². The second kappa shape index (κ2) is 10.0. The normalized spacial score (nSPS) is 34.9. The van der Waals surface area contributed by atoms with Crippen LogP contribution >= 0.6 is 15.0 Å². The number of aliphatic hydroxyl groups excluding tert-OH is 2. The van der Waals surface area contributed by atoms with Crippen molar-refractivity contribution in [3.05, 3.63) is 0 Å². The minimum absolute atomic E-state index is 0.00771. The zero-order valence-electron chi connectivity index (χ0n) is 18.9. The zero-order chi connectivity index (χ0) is 23.7. The van der Waals surface area contributed by atoms with Crippen LogP contribution in [0.2, 0.25) is 0 Å². The molecule has 1 saturated heterocycles. The number of ether oxygens (including phenoxy) is 1. The highest BCUT2D eigenvalue weighted by Crippen LogP contribution is 2.60. The molecular weight excluding hydrogens is 433 g/mol. The summed E-state index contributed by atoms with van der Waals surface area (Å²) in [7, 11) is -2.17. The number of aliphatic hydroxyl groups is 3. The highest BCUT2D eigenvalue weighted by atomic mass is 31.2. The summed E-state index contributed by atoms with van der Waals surface area (Å²) in [6.45, 7) is 10.8. The maximum atomic E-state index is 13.4. The van der Waals surface area contributed by atoms with E-state index in [1.165, 1.54) is 20.5 Å². The molecule has 10 atom stereocenters. The van der Waals surface area contributed by atoms with Crippen molar-refractivity contribution >= 4 is 22.8 Å². The average molecular weight is 470 g/mol. The maximum absolute atomic E-state index is 13.4. The summed E-state index contributed by atoms with van der Waals surface area (Å²) in [6, 6.07) is -1.02. The molecule has 4 N–H and O–H groups in total. The molecule has 0 amide bonds. The molecule has 0 aliphatic carbocycles. The van der Waals surface area contributed by atoms with Gasteiger partial charge in [-0.2, -0.15) is 0 Å². The molecule has 2 radical (unpaired) electrons. The second-order valence-corrected chi connectivity index (χ2v) is 13.8. The van der Waals surface area contributed by atoms with E-state index in [1.54, 1.807) is 20.8 Å². The molecule has 0 spiro atoms. The smallest absolute Gasteiger partial charge is 0.359 e. The van der Waals surface area contributed by atoms with Gasteiger partial charge in [-0.1, -0.05) is 20.8 Å². The highest BCUT2D eigenvalue weighted by Gasteiger charge is 2.48. The van der Waals surface area contributed by atoms with E-state index in [1.807, 2.05) is 6.92 Å². The largest absolute Gasteiger partial charge is 0.388 e. The summed E-state index contributed by atoms with van der Waals surface area (Å²) in [5, 5.41) is 28.1. The van der Waals surface area contributed by atoms with Crippen LogP contribution in [0.4, 0.5) is 0 Å². The van der Waals surface area contributed by atoms with Gasteiger partial charge in [-0.15, -0.1) is 0 Å². The number of hydrogen-bond acceptors (Lipinski definition) is 8. The molecule has 30 heavy (non-hydrogen) atoms. The molecule has 1 aliphatic heterocycles. The van der Waals surface area contributed by atoms with E-state index in [2.05, 4.69) is 0 Å². The van der Waals surface area contributed by atoms with Crippen LogP contribution in [0.5, 0.6) is 0 Å². The first-order valence-electron chi connectivity index (χ1n) is 10.2. The fraction of sp³-hybridized carbons (Fsp3) is 1.00.